The number of rotatable bonds is 5. The van der Waals surface area contributed by atoms with E-state index in [1.165, 1.54) is 12.1 Å². The Labute approximate surface area is 144 Å². The Bertz CT molecular complexity index is 569. The van der Waals surface area contributed by atoms with Crippen molar-refractivity contribution in [3.63, 3.8) is 0 Å². The van der Waals surface area contributed by atoms with E-state index < -0.39 is 18.9 Å². The van der Waals surface area contributed by atoms with Crippen molar-refractivity contribution < 1.29 is 27.4 Å². The molecule has 1 saturated heterocycles. The second-order valence-electron chi connectivity index (χ2n) is 5.43. The third kappa shape index (κ3) is 5.85. The van der Waals surface area contributed by atoms with Gasteiger partial charge in [-0.05, 0) is 43.5 Å². The monoisotopic (exact) mass is 368 g/mol. The topological polar surface area (TPSA) is 73.6 Å². The summed E-state index contributed by atoms with van der Waals surface area (Å²) in [5.41, 5.74) is 6.47. The first kappa shape index (κ1) is 20.5. The van der Waals surface area contributed by atoms with Crippen LogP contribution in [0.2, 0.25) is 0 Å². The van der Waals surface area contributed by atoms with Crippen molar-refractivity contribution in [2.75, 3.05) is 18.5 Å². The number of amides is 1. The van der Waals surface area contributed by atoms with Crippen LogP contribution in [0.3, 0.4) is 0 Å². The molecule has 1 aromatic rings. The van der Waals surface area contributed by atoms with Crippen LogP contribution in [0.1, 0.15) is 18.4 Å². The summed E-state index contributed by atoms with van der Waals surface area (Å²) in [5.74, 6) is -0.162. The van der Waals surface area contributed by atoms with Gasteiger partial charge in [0, 0.05) is 12.2 Å². The Morgan fingerprint density at radius 1 is 1.42 bits per heavy atom. The fourth-order valence-corrected chi connectivity index (χ4v) is 2.34. The van der Waals surface area contributed by atoms with E-state index in [2.05, 4.69) is 5.32 Å². The second kappa shape index (κ2) is 8.55. The lowest BCUT2D eigenvalue weighted by atomic mass is 10.1. The van der Waals surface area contributed by atoms with Crippen LogP contribution in [0.15, 0.2) is 18.2 Å². The minimum absolute atomic E-state index is 0. The molecule has 0 aromatic heterocycles. The van der Waals surface area contributed by atoms with E-state index in [-0.39, 0.29) is 30.2 Å². The highest BCUT2D eigenvalue weighted by Crippen LogP contribution is 2.26. The van der Waals surface area contributed by atoms with E-state index in [0.717, 1.165) is 6.42 Å². The molecule has 0 aliphatic carbocycles. The summed E-state index contributed by atoms with van der Waals surface area (Å²) in [4.78, 5) is 12.1. The molecule has 0 unspecified atom stereocenters. The van der Waals surface area contributed by atoms with Crippen molar-refractivity contribution in [3.8, 4) is 5.75 Å². The Morgan fingerprint density at radius 3 is 2.67 bits per heavy atom. The fraction of sp³-hybridized carbons (Fsp3) is 0.533. The van der Waals surface area contributed by atoms with E-state index in [9.17, 15) is 18.0 Å². The Hall–Kier alpha value is -1.51. The first-order chi connectivity index (χ1) is 10.8. The molecule has 0 saturated carbocycles. The molecular formula is C15H20ClF3N2O3. The van der Waals surface area contributed by atoms with Crippen LogP contribution >= 0.6 is 12.4 Å². The zero-order chi connectivity index (χ0) is 17.0. The average molecular weight is 369 g/mol. The van der Waals surface area contributed by atoms with Crippen LogP contribution in [0.4, 0.5) is 18.9 Å². The van der Waals surface area contributed by atoms with Gasteiger partial charge in [-0.3, -0.25) is 4.79 Å². The van der Waals surface area contributed by atoms with Crippen LogP contribution < -0.4 is 15.8 Å². The first-order valence-corrected chi connectivity index (χ1v) is 7.25. The van der Waals surface area contributed by atoms with Crippen molar-refractivity contribution in [3.05, 3.63) is 23.8 Å². The zero-order valence-electron chi connectivity index (χ0n) is 13.1. The lowest BCUT2D eigenvalue weighted by molar-refractivity contribution is -0.153. The maximum absolute atomic E-state index is 12.2. The van der Waals surface area contributed by atoms with Gasteiger partial charge in [0.2, 0.25) is 0 Å². The van der Waals surface area contributed by atoms with Crippen molar-refractivity contribution in [2.24, 2.45) is 5.73 Å². The van der Waals surface area contributed by atoms with E-state index in [1.54, 1.807) is 13.0 Å². The summed E-state index contributed by atoms with van der Waals surface area (Å²) in [7, 11) is 0. The van der Waals surface area contributed by atoms with Gasteiger partial charge in [-0.2, -0.15) is 13.2 Å². The predicted octanol–water partition coefficient (Wildman–Crippen LogP) is 2.80. The van der Waals surface area contributed by atoms with Gasteiger partial charge in [-0.15, -0.1) is 12.4 Å². The number of aryl methyl sites for hydroxylation is 1. The van der Waals surface area contributed by atoms with Gasteiger partial charge in [0.05, 0.1) is 6.10 Å². The molecule has 0 radical (unpaired) electrons. The molecular weight excluding hydrogens is 349 g/mol. The summed E-state index contributed by atoms with van der Waals surface area (Å²) in [6.07, 6.45) is -3.72. The maximum Gasteiger partial charge on any atom is 0.422 e. The highest BCUT2D eigenvalue weighted by molar-refractivity contribution is 5.94. The molecule has 5 nitrogen and oxygen atoms in total. The largest absolute Gasteiger partial charge is 0.484 e. The normalized spacial score (nSPS) is 20.4. The Kier molecular flexibility index (Phi) is 7.31. The number of ether oxygens (including phenoxy) is 2. The summed E-state index contributed by atoms with van der Waals surface area (Å²) >= 11 is 0. The molecule has 136 valence electrons. The van der Waals surface area contributed by atoms with Gasteiger partial charge in [0.25, 0.3) is 5.91 Å². The number of anilines is 1. The van der Waals surface area contributed by atoms with Crippen LogP contribution in [0.5, 0.6) is 5.75 Å². The highest BCUT2D eigenvalue weighted by atomic mass is 35.5. The molecule has 24 heavy (non-hydrogen) atoms. The van der Waals surface area contributed by atoms with Crippen LogP contribution in [-0.2, 0) is 9.53 Å². The summed E-state index contributed by atoms with van der Waals surface area (Å²) in [5, 5.41) is 2.69. The number of nitrogens with two attached hydrogens (primary N) is 1. The van der Waals surface area contributed by atoms with Crippen molar-refractivity contribution >= 4 is 24.0 Å². The third-order valence-corrected chi connectivity index (χ3v) is 3.50. The maximum atomic E-state index is 12.2. The van der Waals surface area contributed by atoms with E-state index in [1.807, 2.05) is 0 Å². The van der Waals surface area contributed by atoms with Crippen LogP contribution in [0, 0.1) is 6.92 Å². The number of carbonyl (C=O) groups excluding carboxylic acids is 1. The SMILES string of the molecule is Cc1cc(NC(=O)[C@@H]2CC[C@H](CN)O2)ccc1OCC(F)(F)F.Cl. The van der Waals surface area contributed by atoms with Gasteiger partial charge < -0.3 is 20.5 Å². The van der Waals surface area contributed by atoms with Gasteiger partial charge in [-0.25, -0.2) is 0 Å². The van der Waals surface area contributed by atoms with Gasteiger partial charge >= 0.3 is 6.18 Å². The highest BCUT2D eigenvalue weighted by Gasteiger charge is 2.30. The average Bonchev–Trinajstić information content (AvgIpc) is 2.94. The standard InChI is InChI=1S/C15H19F3N2O3.ClH/c1-9-6-10(2-4-12(9)22-8-15(16,17)18)20-14(21)13-5-3-11(7-19)23-13;/h2,4,6,11,13H,3,5,7-8,19H2,1H3,(H,20,21);1H/t11-,13+;/m1./s1. The molecule has 3 N–H and O–H groups in total. The molecule has 1 fully saturated rings. The summed E-state index contributed by atoms with van der Waals surface area (Å²) < 4.78 is 46.7. The molecule has 2 rings (SSSR count). The van der Waals surface area contributed by atoms with Gasteiger partial charge in [0.1, 0.15) is 11.9 Å². The molecule has 1 aliphatic heterocycles. The smallest absolute Gasteiger partial charge is 0.422 e. The van der Waals surface area contributed by atoms with E-state index >= 15 is 0 Å². The second-order valence-corrected chi connectivity index (χ2v) is 5.43. The number of alkyl halides is 3. The number of hydrogen-bond donors (Lipinski definition) is 2. The third-order valence-electron chi connectivity index (χ3n) is 3.50. The molecule has 9 heteroatoms. The molecule has 1 aliphatic rings. The Morgan fingerprint density at radius 2 is 2.12 bits per heavy atom. The molecule has 1 heterocycles. The van der Waals surface area contributed by atoms with Crippen molar-refractivity contribution in [2.45, 2.75) is 38.1 Å². The molecule has 1 aromatic carbocycles. The molecule has 2 atom stereocenters. The molecule has 0 spiro atoms. The number of halogens is 4. The van der Waals surface area contributed by atoms with Crippen molar-refractivity contribution in [1.29, 1.82) is 0 Å². The number of benzene rings is 1. The first-order valence-electron chi connectivity index (χ1n) is 7.25. The quantitative estimate of drug-likeness (QED) is 0.838. The van der Waals surface area contributed by atoms with E-state index in [4.69, 9.17) is 15.2 Å². The minimum atomic E-state index is -4.39. The van der Waals surface area contributed by atoms with E-state index in [0.29, 0.717) is 24.2 Å². The van der Waals surface area contributed by atoms with Crippen LogP contribution in [0.25, 0.3) is 0 Å². The zero-order valence-corrected chi connectivity index (χ0v) is 13.9. The predicted molar refractivity (Wildman–Crippen MR) is 85.6 cm³/mol. The van der Waals surface area contributed by atoms with Crippen LogP contribution in [-0.4, -0.2) is 37.4 Å². The summed E-state index contributed by atoms with van der Waals surface area (Å²) in [6.45, 7) is 0.627. The molecule has 1 amide bonds. The summed E-state index contributed by atoms with van der Waals surface area (Å²) in [6, 6.07) is 4.44. The Balaban J connectivity index is 0.00000288. The van der Waals surface area contributed by atoms with Gasteiger partial charge in [-0.1, -0.05) is 0 Å². The molecule has 0 bridgehead atoms. The number of nitrogens with one attached hydrogen (secondary N) is 1. The lowest BCUT2D eigenvalue weighted by Gasteiger charge is -2.15. The fourth-order valence-electron chi connectivity index (χ4n) is 2.34. The minimum Gasteiger partial charge on any atom is -0.484 e. The lowest BCUT2D eigenvalue weighted by Crippen LogP contribution is -2.29. The van der Waals surface area contributed by atoms with Gasteiger partial charge in [0.15, 0.2) is 6.61 Å². The number of hydrogen-bond acceptors (Lipinski definition) is 4. The number of carbonyl (C=O) groups is 1. The van der Waals surface area contributed by atoms with Crippen molar-refractivity contribution in [1.82, 2.24) is 0 Å².